The molecule has 0 unspecified atom stereocenters. The van der Waals surface area contributed by atoms with Gasteiger partial charge in [-0.15, -0.1) is 0 Å². The van der Waals surface area contributed by atoms with Crippen LogP contribution in [0.5, 0.6) is 0 Å². The van der Waals surface area contributed by atoms with Gasteiger partial charge in [0.05, 0.1) is 0 Å². The molecule has 0 fully saturated rings. The molecule has 2 N–H and O–H groups in total. The number of carboxylic acid groups (broad SMARTS) is 1. The Hall–Kier alpha value is -2.34. The van der Waals surface area contributed by atoms with Crippen molar-refractivity contribution in [2.24, 2.45) is 0 Å². The van der Waals surface area contributed by atoms with Crippen LogP contribution in [0.3, 0.4) is 0 Å². The van der Waals surface area contributed by atoms with Crippen LogP contribution < -0.4 is 5.32 Å². The van der Waals surface area contributed by atoms with Crippen LogP contribution >= 0.6 is 0 Å². The number of carbonyl (C=O) groups is 2. The van der Waals surface area contributed by atoms with Crippen molar-refractivity contribution in [3.63, 3.8) is 0 Å². The third kappa shape index (κ3) is 4.33. The number of benzene rings is 1. The predicted octanol–water partition coefficient (Wildman–Crippen LogP) is 2.48. The summed E-state index contributed by atoms with van der Waals surface area (Å²) in [5, 5.41) is 12.6. The van der Waals surface area contributed by atoms with Gasteiger partial charge in [-0.25, -0.2) is 0 Å². The molecule has 0 bridgehead atoms. The number of fused-ring (bicyclic) bond motifs is 1. The lowest BCUT2D eigenvalue weighted by Crippen LogP contribution is -2.12. The Bertz CT molecular complexity index is 663. The lowest BCUT2D eigenvalue weighted by molar-refractivity contribution is -0.137. The van der Waals surface area contributed by atoms with Crippen molar-refractivity contribution < 1.29 is 19.4 Å². The molecule has 0 aliphatic carbocycles. The van der Waals surface area contributed by atoms with Crippen LogP contribution in [0.25, 0.3) is 10.9 Å². The van der Waals surface area contributed by atoms with Crippen LogP contribution in [0.1, 0.15) is 19.8 Å². The minimum Gasteiger partial charge on any atom is -0.480 e. The normalized spacial score (nSPS) is 10.8. The summed E-state index contributed by atoms with van der Waals surface area (Å²) in [6.45, 7) is 3.09. The minimum atomic E-state index is -0.885. The molecule has 22 heavy (non-hydrogen) atoms. The lowest BCUT2D eigenvalue weighted by atomic mass is 10.2. The SMILES string of the molecule is CCOCCCC(=O)Nc1ccc2c(ccn2CC(=O)O)c1. The molecule has 1 aromatic carbocycles. The Morgan fingerprint density at radius 1 is 1.32 bits per heavy atom. The number of nitrogens with zero attached hydrogens (tertiary/aromatic N) is 1. The Kier molecular flexibility index (Phi) is 5.55. The minimum absolute atomic E-state index is 0.0518. The topological polar surface area (TPSA) is 80.6 Å². The van der Waals surface area contributed by atoms with Gasteiger partial charge in [-0.05, 0) is 37.6 Å². The van der Waals surface area contributed by atoms with E-state index >= 15 is 0 Å². The molecule has 0 radical (unpaired) electrons. The van der Waals surface area contributed by atoms with Crippen molar-refractivity contribution >= 4 is 28.5 Å². The van der Waals surface area contributed by atoms with E-state index in [1.54, 1.807) is 16.8 Å². The molecule has 0 spiro atoms. The molecule has 0 saturated carbocycles. The average Bonchev–Trinajstić information content (AvgIpc) is 2.85. The first kappa shape index (κ1) is 16.0. The van der Waals surface area contributed by atoms with Crippen molar-refractivity contribution in [3.8, 4) is 0 Å². The lowest BCUT2D eigenvalue weighted by Gasteiger charge is -2.07. The van der Waals surface area contributed by atoms with Crippen molar-refractivity contribution in [2.75, 3.05) is 18.5 Å². The summed E-state index contributed by atoms with van der Waals surface area (Å²) in [5.74, 6) is -0.937. The van der Waals surface area contributed by atoms with Gasteiger partial charge in [0, 0.05) is 42.4 Å². The van der Waals surface area contributed by atoms with Crippen LogP contribution in [0, 0.1) is 0 Å². The van der Waals surface area contributed by atoms with E-state index in [9.17, 15) is 9.59 Å². The number of nitrogens with one attached hydrogen (secondary N) is 1. The van der Waals surface area contributed by atoms with E-state index in [4.69, 9.17) is 9.84 Å². The molecule has 6 heteroatoms. The highest BCUT2D eigenvalue weighted by molar-refractivity contribution is 5.94. The van der Waals surface area contributed by atoms with Crippen LogP contribution in [0.4, 0.5) is 5.69 Å². The van der Waals surface area contributed by atoms with Crippen LogP contribution in [-0.4, -0.2) is 34.8 Å². The molecule has 0 aliphatic heterocycles. The molecule has 0 atom stereocenters. The first-order valence-electron chi connectivity index (χ1n) is 7.28. The van der Waals surface area contributed by atoms with E-state index in [1.165, 1.54) is 0 Å². The number of aromatic nitrogens is 1. The second-order valence-electron chi connectivity index (χ2n) is 4.96. The maximum Gasteiger partial charge on any atom is 0.323 e. The fraction of sp³-hybridized carbons (Fsp3) is 0.375. The van der Waals surface area contributed by atoms with E-state index < -0.39 is 5.97 Å². The van der Waals surface area contributed by atoms with Crippen LogP contribution in [0.2, 0.25) is 0 Å². The molecule has 1 amide bonds. The summed E-state index contributed by atoms with van der Waals surface area (Å²) in [7, 11) is 0. The quantitative estimate of drug-likeness (QED) is 0.734. The Morgan fingerprint density at radius 2 is 2.14 bits per heavy atom. The molecular formula is C16H20N2O4. The number of ether oxygens (including phenoxy) is 1. The second-order valence-corrected chi connectivity index (χ2v) is 4.96. The summed E-state index contributed by atoms with van der Waals surface area (Å²) >= 11 is 0. The number of hydrogen-bond acceptors (Lipinski definition) is 3. The van der Waals surface area contributed by atoms with Gasteiger partial charge in [0.25, 0.3) is 0 Å². The van der Waals surface area contributed by atoms with E-state index in [-0.39, 0.29) is 12.5 Å². The first-order chi connectivity index (χ1) is 10.6. The Balaban J connectivity index is 1.98. The fourth-order valence-corrected chi connectivity index (χ4v) is 2.26. The van der Waals surface area contributed by atoms with Gasteiger partial charge in [0.1, 0.15) is 6.54 Å². The highest BCUT2D eigenvalue weighted by atomic mass is 16.5. The highest BCUT2D eigenvalue weighted by Gasteiger charge is 2.07. The molecule has 1 heterocycles. The highest BCUT2D eigenvalue weighted by Crippen LogP contribution is 2.20. The third-order valence-corrected chi connectivity index (χ3v) is 3.26. The zero-order chi connectivity index (χ0) is 15.9. The summed E-state index contributed by atoms with van der Waals surface area (Å²) in [6, 6.07) is 7.27. The number of carbonyl (C=O) groups excluding carboxylic acids is 1. The molecule has 2 rings (SSSR count). The number of rotatable bonds is 8. The molecule has 6 nitrogen and oxygen atoms in total. The Labute approximate surface area is 128 Å². The Morgan fingerprint density at radius 3 is 2.86 bits per heavy atom. The number of amides is 1. The van der Waals surface area contributed by atoms with Crippen LogP contribution in [-0.2, 0) is 20.9 Å². The third-order valence-electron chi connectivity index (χ3n) is 3.26. The zero-order valence-corrected chi connectivity index (χ0v) is 12.5. The molecule has 0 aliphatic rings. The van der Waals surface area contributed by atoms with E-state index in [0.717, 1.165) is 10.9 Å². The number of carboxylic acids is 1. The summed E-state index contributed by atoms with van der Waals surface area (Å²) in [4.78, 5) is 22.6. The van der Waals surface area contributed by atoms with Crippen molar-refractivity contribution in [2.45, 2.75) is 26.3 Å². The van der Waals surface area contributed by atoms with E-state index in [1.807, 2.05) is 25.1 Å². The standard InChI is InChI=1S/C16H20N2O4/c1-2-22-9-3-4-15(19)17-13-5-6-14-12(10-13)7-8-18(14)11-16(20)21/h5-8,10H,2-4,9,11H2,1H3,(H,17,19)(H,20,21). The van der Waals surface area contributed by atoms with E-state index in [2.05, 4.69) is 5.32 Å². The molecule has 2 aromatic rings. The van der Waals surface area contributed by atoms with Crippen molar-refractivity contribution in [3.05, 3.63) is 30.5 Å². The summed E-state index contributed by atoms with van der Waals surface area (Å²) in [6.07, 6.45) is 2.83. The smallest absolute Gasteiger partial charge is 0.323 e. The summed E-state index contributed by atoms with van der Waals surface area (Å²) in [5.41, 5.74) is 1.54. The first-order valence-corrected chi connectivity index (χ1v) is 7.28. The van der Waals surface area contributed by atoms with Crippen LogP contribution in [0.15, 0.2) is 30.5 Å². The van der Waals surface area contributed by atoms with Gasteiger partial charge in [0.2, 0.25) is 5.91 Å². The maximum absolute atomic E-state index is 11.8. The van der Waals surface area contributed by atoms with Gasteiger partial charge in [0.15, 0.2) is 0 Å². The average molecular weight is 304 g/mol. The van der Waals surface area contributed by atoms with Gasteiger partial charge >= 0.3 is 5.97 Å². The summed E-state index contributed by atoms with van der Waals surface area (Å²) < 4.78 is 6.85. The van der Waals surface area contributed by atoms with E-state index in [0.29, 0.717) is 31.7 Å². The molecular weight excluding hydrogens is 284 g/mol. The maximum atomic E-state index is 11.8. The van der Waals surface area contributed by atoms with Gasteiger partial charge in [-0.2, -0.15) is 0 Å². The number of aliphatic carboxylic acids is 1. The fourth-order valence-electron chi connectivity index (χ4n) is 2.26. The van der Waals surface area contributed by atoms with Crippen molar-refractivity contribution in [1.82, 2.24) is 4.57 Å². The van der Waals surface area contributed by atoms with Gasteiger partial charge in [-0.1, -0.05) is 0 Å². The molecule has 1 aromatic heterocycles. The number of hydrogen-bond donors (Lipinski definition) is 2. The number of anilines is 1. The zero-order valence-electron chi connectivity index (χ0n) is 12.5. The van der Waals surface area contributed by atoms with Crippen molar-refractivity contribution in [1.29, 1.82) is 0 Å². The molecule has 118 valence electrons. The van der Waals surface area contributed by atoms with Gasteiger partial charge < -0.3 is 19.7 Å². The largest absolute Gasteiger partial charge is 0.480 e. The monoisotopic (exact) mass is 304 g/mol. The van der Waals surface area contributed by atoms with Gasteiger partial charge in [-0.3, -0.25) is 9.59 Å². The second kappa shape index (κ2) is 7.61. The molecule has 0 saturated heterocycles. The predicted molar refractivity (Wildman–Crippen MR) is 83.9 cm³/mol.